The number of aromatic nitrogens is 1. The molecular weight excluding hydrogens is 352 g/mol. The predicted molar refractivity (Wildman–Crippen MR) is 102 cm³/mol. The molecule has 140 valence electrons. The summed E-state index contributed by atoms with van der Waals surface area (Å²) < 4.78 is 11.4. The molecule has 0 radical (unpaired) electrons. The Kier molecular flexibility index (Phi) is 6.11. The Labute approximate surface area is 157 Å². The van der Waals surface area contributed by atoms with Crippen LogP contribution in [0.15, 0.2) is 18.2 Å². The summed E-state index contributed by atoms with van der Waals surface area (Å²) in [5, 5.41) is 9.86. The Morgan fingerprint density at radius 1 is 1.27 bits per heavy atom. The molecule has 0 amide bonds. The van der Waals surface area contributed by atoms with Crippen molar-refractivity contribution in [2.24, 2.45) is 0 Å². The van der Waals surface area contributed by atoms with Crippen molar-refractivity contribution in [3.8, 4) is 22.1 Å². The van der Waals surface area contributed by atoms with Crippen LogP contribution in [0.3, 0.4) is 0 Å². The highest BCUT2D eigenvalue weighted by molar-refractivity contribution is 7.17. The summed E-state index contributed by atoms with van der Waals surface area (Å²) in [5.74, 6) is 0.377. The number of thiazole rings is 1. The minimum Gasteiger partial charge on any atom is -0.493 e. The lowest BCUT2D eigenvalue weighted by Crippen LogP contribution is -2.33. The quantitative estimate of drug-likeness (QED) is 0.795. The number of hydrogen-bond acceptors (Lipinski definition) is 6. The van der Waals surface area contributed by atoms with Crippen molar-refractivity contribution in [3.05, 3.63) is 28.8 Å². The van der Waals surface area contributed by atoms with Crippen molar-refractivity contribution in [2.75, 3.05) is 33.4 Å². The Bertz CT molecular complexity index is 769. The molecule has 0 unspecified atom stereocenters. The van der Waals surface area contributed by atoms with E-state index in [1.54, 1.807) is 14.0 Å². The van der Waals surface area contributed by atoms with Gasteiger partial charge in [-0.25, -0.2) is 9.78 Å². The SMILES string of the molecule is COc1cc(-c2nc(C)c(C(=O)O)s2)ccc1OCCN1CCCCC1. The molecule has 0 bridgehead atoms. The molecule has 1 aromatic carbocycles. The van der Waals surface area contributed by atoms with Gasteiger partial charge in [-0.2, -0.15) is 0 Å². The van der Waals surface area contributed by atoms with E-state index in [4.69, 9.17) is 9.47 Å². The number of ether oxygens (including phenoxy) is 2. The molecule has 6 nitrogen and oxygen atoms in total. The van der Waals surface area contributed by atoms with E-state index < -0.39 is 5.97 Å². The fraction of sp³-hybridized carbons (Fsp3) is 0.474. The van der Waals surface area contributed by atoms with Crippen LogP contribution in [0.25, 0.3) is 10.6 Å². The summed E-state index contributed by atoms with van der Waals surface area (Å²) in [4.78, 5) is 18.3. The molecule has 2 heterocycles. The van der Waals surface area contributed by atoms with Gasteiger partial charge in [0.1, 0.15) is 16.5 Å². The van der Waals surface area contributed by atoms with Crippen LogP contribution in [0.5, 0.6) is 11.5 Å². The normalized spacial score (nSPS) is 15.0. The highest BCUT2D eigenvalue weighted by Gasteiger charge is 2.17. The van der Waals surface area contributed by atoms with Gasteiger partial charge in [0.15, 0.2) is 11.5 Å². The van der Waals surface area contributed by atoms with Crippen molar-refractivity contribution in [2.45, 2.75) is 26.2 Å². The lowest BCUT2D eigenvalue weighted by Gasteiger charge is -2.26. The van der Waals surface area contributed by atoms with Crippen molar-refractivity contribution in [3.63, 3.8) is 0 Å². The van der Waals surface area contributed by atoms with E-state index in [0.717, 1.165) is 25.2 Å². The van der Waals surface area contributed by atoms with Crippen LogP contribution in [-0.2, 0) is 0 Å². The summed E-state index contributed by atoms with van der Waals surface area (Å²) in [5.41, 5.74) is 1.35. The molecule has 1 aliphatic heterocycles. The molecule has 0 spiro atoms. The van der Waals surface area contributed by atoms with Gasteiger partial charge in [-0.15, -0.1) is 11.3 Å². The standard InChI is InChI=1S/C19H24N2O4S/c1-13-17(19(22)23)26-18(20-13)14-6-7-15(16(12-14)24-2)25-11-10-21-8-4-3-5-9-21/h6-7,12H,3-5,8-11H2,1-2H3,(H,22,23). The predicted octanol–water partition coefficient (Wildman–Crippen LogP) is 3.69. The molecular formula is C19H24N2O4S. The van der Waals surface area contributed by atoms with E-state index in [0.29, 0.717) is 28.8 Å². The molecule has 7 heteroatoms. The zero-order valence-electron chi connectivity index (χ0n) is 15.2. The highest BCUT2D eigenvalue weighted by atomic mass is 32.1. The van der Waals surface area contributed by atoms with Crippen molar-refractivity contribution in [1.29, 1.82) is 0 Å². The van der Waals surface area contributed by atoms with E-state index in [2.05, 4.69) is 9.88 Å². The average Bonchev–Trinajstić information content (AvgIpc) is 3.05. The van der Waals surface area contributed by atoms with Crippen molar-refractivity contribution >= 4 is 17.3 Å². The molecule has 1 saturated heterocycles. The van der Waals surface area contributed by atoms with Crippen molar-refractivity contribution < 1.29 is 19.4 Å². The van der Waals surface area contributed by atoms with E-state index in [-0.39, 0.29) is 4.88 Å². The number of piperidine rings is 1. The second-order valence-electron chi connectivity index (χ2n) is 6.36. The number of likely N-dealkylation sites (tertiary alicyclic amines) is 1. The smallest absolute Gasteiger partial charge is 0.347 e. The fourth-order valence-electron chi connectivity index (χ4n) is 3.11. The number of rotatable bonds is 7. The van der Waals surface area contributed by atoms with Crippen LogP contribution >= 0.6 is 11.3 Å². The molecule has 3 rings (SSSR count). The molecule has 26 heavy (non-hydrogen) atoms. The molecule has 0 saturated carbocycles. The van der Waals surface area contributed by atoms with Gasteiger partial charge in [0.05, 0.1) is 12.8 Å². The first-order valence-electron chi connectivity index (χ1n) is 8.83. The number of hydrogen-bond donors (Lipinski definition) is 1. The van der Waals surface area contributed by atoms with Crippen LogP contribution in [0.2, 0.25) is 0 Å². The third kappa shape index (κ3) is 4.34. The number of carboxylic acids is 1. The van der Waals surface area contributed by atoms with E-state index in [1.165, 1.54) is 30.6 Å². The van der Waals surface area contributed by atoms with Crippen molar-refractivity contribution in [1.82, 2.24) is 9.88 Å². The summed E-state index contributed by atoms with van der Waals surface area (Å²) >= 11 is 1.17. The lowest BCUT2D eigenvalue weighted by molar-refractivity contribution is 0.0701. The minimum atomic E-state index is -0.948. The maximum atomic E-state index is 11.2. The molecule has 1 aromatic heterocycles. The second-order valence-corrected chi connectivity index (χ2v) is 7.35. The topological polar surface area (TPSA) is 71.9 Å². The first kappa shape index (κ1) is 18.7. The Hall–Kier alpha value is -2.12. The minimum absolute atomic E-state index is 0.265. The Morgan fingerprint density at radius 3 is 2.69 bits per heavy atom. The zero-order valence-corrected chi connectivity index (χ0v) is 16.0. The molecule has 0 atom stereocenters. The van der Waals surface area contributed by atoms with E-state index in [9.17, 15) is 9.90 Å². The number of benzene rings is 1. The van der Waals surface area contributed by atoms with Crippen LogP contribution in [0, 0.1) is 6.92 Å². The number of carbonyl (C=O) groups is 1. The number of nitrogens with zero attached hydrogens (tertiary/aromatic N) is 2. The van der Waals surface area contributed by atoms with Gasteiger partial charge >= 0.3 is 5.97 Å². The molecule has 2 aromatic rings. The van der Waals surface area contributed by atoms with Gasteiger partial charge in [-0.1, -0.05) is 6.42 Å². The van der Waals surface area contributed by atoms with Crippen LogP contribution in [-0.4, -0.2) is 54.3 Å². The van der Waals surface area contributed by atoms with Gasteiger partial charge in [0.2, 0.25) is 0 Å². The summed E-state index contributed by atoms with van der Waals surface area (Å²) in [6.45, 7) is 5.54. The first-order chi connectivity index (χ1) is 12.6. The van der Waals surface area contributed by atoms with Crippen LogP contribution in [0.4, 0.5) is 0 Å². The maximum Gasteiger partial charge on any atom is 0.347 e. The maximum absolute atomic E-state index is 11.2. The molecule has 1 fully saturated rings. The fourth-order valence-corrected chi connectivity index (χ4v) is 4.01. The average molecular weight is 376 g/mol. The number of methoxy groups -OCH3 is 1. The number of aromatic carboxylic acids is 1. The summed E-state index contributed by atoms with van der Waals surface area (Å²) in [7, 11) is 1.60. The number of carboxylic acid groups (broad SMARTS) is 1. The first-order valence-corrected chi connectivity index (χ1v) is 9.64. The molecule has 1 N–H and O–H groups in total. The molecule has 0 aliphatic carbocycles. The van der Waals surface area contributed by atoms with Gasteiger partial charge in [-0.3, -0.25) is 4.90 Å². The van der Waals surface area contributed by atoms with Crippen LogP contribution < -0.4 is 9.47 Å². The lowest BCUT2D eigenvalue weighted by atomic mass is 10.1. The number of aryl methyl sites for hydroxylation is 1. The zero-order chi connectivity index (χ0) is 18.5. The van der Waals surface area contributed by atoms with Gasteiger partial charge in [0, 0.05) is 12.1 Å². The monoisotopic (exact) mass is 376 g/mol. The van der Waals surface area contributed by atoms with E-state index in [1.807, 2.05) is 18.2 Å². The molecule has 1 aliphatic rings. The summed E-state index contributed by atoms with van der Waals surface area (Å²) in [6, 6.07) is 5.60. The Morgan fingerprint density at radius 2 is 2.04 bits per heavy atom. The largest absolute Gasteiger partial charge is 0.493 e. The third-order valence-electron chi connectivity index (χ3n) is 4.52. The second kappa shape index (κ2) is 8.51. The highest BCUT2D eigenvalue weighted by Crippen LogP contribution is 2.35. The van der Waals surface area contributed by atoms with Gasteiger partial charge < -0.3 is 14.6 Å². The van der Waals surface area contributed by atoms with Crippen LogP contribution in [0.1, 0.15) is 34.6 Å². The van der Waals surface area contributed by atoms with E-state index >= 15 is 0 Å². The summed E-state index contributed by atoms with van der Waals surface area (Å²) in [6.07, 6.45) is 3.86. The third-order valence-corrected chi connectivity index (χ3v) is 5.71. The van der Waals surface area contributed by atoms with Gasteiger partial charge in [-0.05, 0) is 51.1 Å². The Balaban J connectivity index is 1.69. The van der Waals surface area contributed by atoms with Gasteiger partial charge in [0.25, 0.3) is 0 Å².